The van der Waals surface area contributed by atoms with Crippen molar-refractivity contribution in [3.63, 3.8) is 0 Å². The van der Waals surface area contributed by atoms with E-state index >= 15 is 0 Å². The van der Waals surface area contributed by atoms with E-state index in [-0.39, 0.29) is 11.5 Å². The van der Waals surface area contributed by atoms with Crippen LogP contribution >= 0.6 is 0 Å². The van der Waals surface area contributed by atoms with E-state index in [4.69, 9.17) is 4.74 Å². The zero-order valence-corrected chi connectivity index (χ0v) is 16.2. The second-order valence-electron chi connectivity index (χ2n) is 6.76. The molecule has 2 heterocycles. The van der Waals surface area contributed by atoms with E-state index in [0.29, 0.717) is 23.2 Å². The summed E-state index contributed by atoms with van der Waals surface area (Å²) in [6.45, 7) is 2.95. The smallest absolute Gasteiger partial charge is 0.278 e. The quantitative estimate of drug-likeness (QED) is 0.546. The first-order valence-corrected chi connectivity index (χ1v) is 9.32. The van der Waals surface area contributed by atoms with Gasteiger partial charge in [-0.15, -0.1) is 5.10 Å². The summed E-state index contributed by atoms with van der Waals surface area (Å²) >= 11 is 0. The standard InChI is InChI=1S/C21H21N5O3/c1-14(26-21(28)16-6-3-4-7-18(16)23-24-26)20(27)22-17-8-5-9-19-15(17)10-11-25(19)12-13-29-2/h3-11,14H,12-13H2,1-2H3,(H,22,27). The number of methoxy groups -OCH3 is 1. The molecule has 0 saturated carbocycles. The molecule has 148 valence electrons. The second-order valence-corrected chi connectivity index (χ2v) is 6.76. The van der Waals surface area contributed by atoms with Gasteiger partial charge in [0, 0.05) is 25.2 Å². The Hall–Kier alpha value is -3.52. The van der Waals surface area contributed by atoms with Gasteiger partial charge in [0.05, 0.1) is 23.2 Å². The highest BCUT2D eigenvalue weighted by molar-refractivity contribution is 6.02. The van der Waals surface area contributed by atoms with Crippen molar-refractivity contribution in [2.45, 2.75) is 19.5 Å². The zero-order valence-electron chi connectivity index (χ0n) is 16.2. The van der Waals surface area contributed by atoms with Crippen LogP contribution in [0.2, 0.25) is 0 Å². The van der Waals surface area contributed by atoms with Crippen molar-refractivity contribution in [2.75, 3.05) is 19.0 Å². The van der Waals surface area contributed by atoms with Gasteiger partial charge in [0.25, 0.3) is 5.56 Å². The van der Waals surface area contributed by atoms with Crippen LogP contribution in [0.1, 0.15) is 13.0 Å². The van der Waals surface area contributed by atoms with Crippen LogP contribution in [-0.4, -0.2) is 39.2 Å². The fraction of sp³-hybridized carbons (Fsp3) is 0.238. The molecule has 0 bridgehead atoms. The number of ether oxygens (including phenoxy) is 1. The van der Waals surface area contributed by atoms with Crippen LogP contribution in [0.15, 0.2) is 59.5 Å². The first kappa shape index (κ1) is 18.8. The Bertz CT molecular complexity index is 1240. The first-order valence-electron chi connectivity index (χ1n) is 9.32. The summed E-state index contributed by atoms with van der Waals surface area (Å²) in [5.74, 6) is -0.339. The van der Waals surface area contributed by atoms with Gasteiger partial charge in [0.2, 0.25) is 5.91 Å². The number of hydrogen-bond acceptors (Lipinski definition) is 5. The molecule has 0 saturated heterocycles. The number of benzene rings is 2. The largest absolute Gasteiger partial charge is 0.383 e. The normalized spacial score (nSPS) is 12.3. The number of fused-ring (bicyclic) bond motifs is 2. The average molecular weight is 391 g/mol. The molecule has 0 fully saturated rings. The molecular formula is C21H21N5O3. The minimum Gasteiger partial charge on any atom is -0.383 e. The Balaban J connectivity index is 1.62. The second kappa shape index (κ2) is 7.84. The van der Waals surface area contributed by atoms with Crippen molar-refractivity contribution < 1.29 is 9.53 Å². The van der Waals surface area contributed by atoms with Gasteiger partial charge in [-0.25, -0.2) is 0 Å². The van der Waals surface area contributed by atoms with Crippen LogP contribution < -0.4 is 10.9 Å². The molecule has 1 unspecified atom stereocenters. The summed E-state index contributed by atoms with van der Waals surface area (Å²) in [7, 11) is 1.66. The molecule has 1 atom stereocenters. The highest BCUT2D eigenvalue weighted by Crippen LogP contribution is 2.25. The lowest BCUT2D eigenvalue weighted by Crippen LogP contribution is -2.34. The van der Waals surface area contributed by atoms with Crippen molar-refractivity contribution in [1.29, 1.82) is 0 Å². The van der Waals surface area contributed by atoms with Gasteiger partial charge in [-0.05, 0) is 37.3 Å². The predicted octanol–water partition coefficient (Wildman–Crippen LogP) is 2.59. The summed E-state index contributed by atoms with van der Waals surface area (Å²) in [6.07, 6.45) is 1.96. The van der Waals surface area contributed by atoms with Crippen LogP contribution in [-0.2, 0) is 16.1 Å². The lowest BCUT2D eigenvalue weighted by molar-refractivity contribution is -0.119. The van der Waals surface area contributed by atoms with Crippen molar-refractivity contribution >= 4 is 33.4 Å². The molecule has 29 heavy (non-hydrogen) atoms. The maximum absolute atomic E-state index is 12.9. The predicted molar refractivity (Wildman–Crippen MR) is 111 cm³/mol. The molecule has 0 radical (unpaired) electrons. The number of amides is 1. The third kappa shape index (κ3) is 3.50. The van der Waals surface area contributed by atoms with Crippen LogP contribution in [0.3, 0.4) is 0 Å². The van der Waals surface area contributed by atoms with Crippen molar-refractivity contribution in [3.8, 4) is 0 Å². The summed E-state index contributed by atoms with van der Waals surface area (Å²) in [5, 5.41) is 12.3. The van der Waals surface area contributed by atoms with Gasteiger partial charge in [0.15, 0.2) is 0 Å². The minimum atomic E-state index is -0.814. The van der Waals surface area contributed by atoms with E-state index in [2.05, 4.69) is 20.2 Å². The minimum absolute atomic E-state index is 0.339. The van der Waals surface area contributed by atoms with Gasteiger partial charge in [-0.2, -0.15) is 4.68 Å². The number of hydrogen-bond donors (Lipinski definition) is 1. The Morgan fingerprint density at radius 3 is 2.79 bits per heavy atom. The number of anilines is 1. The fourth-order valence-electron chi connectivity index (χ4n) is 3.32. The van der Waals surface area contributed by atoms with Gasteiger partial charge >= 0.3 is 0 Å². The highest BCUT2D eigenvalue weighted by Gasteiger charge is 2.20. The Kier molecular flexibility index (Phi) is 5.09. The third-order valence-electron chi connectivity index (χ3n) is 4.95. The number of carbonyl (C=O) groups is 1. The monoisotopic (exact) mass is 391 g/mol. The molecule has 0 aliphatic heterocycles. The molecule has 0 spiro atoms. The van der Waals surface area contributed by atoms with E-state index in [1.54, 1.807) is 38.3 Å². The summed E-state index contributed by atoms with van der Waals surface area (Å²) in [5.41, 5.74) is 1.83. The van der Waals surface area contributed by atoms with Crippen LogP contribution in [0.25, 0.3) is 21.8 Å². The molecule has 8 heteroatoms. The Morgan fingerprint density at radius 2 is 1.97 bits per heavy atom. The molecule has 2 aromatic heterocycles. The molecule has 0 aliphatic rings. The third-order valence-corrected chi connectivity index (χ3v) is 4.95. The van der Waals surface area contributed by atoms with Gasteiger partial charge in [-0.3, -0.25) is 9.59 Å². The number of nitrogens with one attached hydrogen (secondary N) is 1. The molecular weight excluding hydrogens is 370 g/mol. The van der Waals surface area contributed by atoms with E-state index in [1.807, 2.05) is 30.5 Å². The topological polar surface area (TPSA) is 91.0 Å². The van der Waals surface area contributed by atoms with Crippen molar-refractivity contribution in [2.24, 2.45) is 0 Å². The van der Waals surface area contributed by atoms with E-state index in [9.17, 15) is 9.59 Å². The Labute approximate surface area is 166 Å². The molecule has 4 aromatic rings. The van der Waals surface area contributed by atoms with E-state index < -0.39 is 6.04 Å². The Morgan fingerprint density at radius 1 is 1.14 bits per heavy atom. The SMILES string of the molecule is COCCn1ccc2c(NC(=O)C(C)n3nnc4ccccc4c3=O)cccc21. The molecule has 4 rings (SSSR count). The molecule has 2 aromatic carbocycles. The van der Waals surface area contributed by atoms with Crippen LogP contribution in [0.5, 0.6) is 0 Å². The fourth-order valence-corrected chi connectivity index (χ4v) is 3.32. The summed E-state index contributed by atoms with van der Waals surface area (Å²) in [6, 6.07) is 13.8. The maximum Gasteiger partial charge on any atom is 0.278 e. The number of aromatic nitrogens is 4. The zero-order chi connectivity index (χ0) is 20.4. The first-order chi connectivity index (χ1) is 14.1. The van der Waals surface area contributed by atoms with Crippen molar-refractivity contribution in [1.82, 2.24) is 19.6 Å². The van der Waals surface area contributed by atoms with E-state index in [0.717, 1.165) is 22.1 Å². The van der Waals surface area contributed by atoms with Crippen LogP contribution in [0, 0.1) is 0 Å². The number of carbonyl (C=O) groups excluding carboxylic acids is 1. The summed E-state index contributed by atoms with van der Waals surface area (Å²) in [4.78, 5) is 25.6. The van der Waals surface area contributed by atoms with Gasteiger partial charge in [-0.1, -0.05) is 23.4 Å². The number of rotatable bonds is 6. The lowest BCUT2D eigenvalue weighted by atomic mass is 10.2. The molecule has 1 amide bonds. The van der Waals surface area contributed by atoms with Gasteiger partial charge < -0.3 is 14.6 Å². The van der Waals surface area contributed by atoms with Crippen molar-refractivity contribution in [3.05, 3.63) is 65.1 Å². The average Bonchev–Trinajstić information content (AvgIpc) is 3.16. The maximum atomic E-state index is 12.9. The summed E-state index contributed by atoms with van der Waals surface area (Å²) < 4.78 is 8.32. The molecule has 8 nitrogen and oxygen atoms in total. The van der Waals surface area contributed by atoms with Gasteiger partial charge in [0.1, 0.15) is 11.6 Å². The number of nitrogens with zero attached hydrogens (tertiary/aromatic N) is 4. The molecule has 1 N–H and O–H groups in total. The van der Waals surface area contributed by atoms with E-state index in [1.165, 1.54) is 0 Å². The molecule has 0 aliphatic carbocycles. The lowest BCUT2D eigenvalue weighted by Gasteiger charge is -2.14. The highest BCUT2D eigenvalue weighted by atomic mass is 16.5. The van der Waals surface area contributed by atoms with Crippen LogP contribution in [0.4, 0.5) is 5.69 Å².